The number of hydrogen-bond donors (Lipinski definition) is 1. The van der Waals surface area contributed by atoms with Crippen molar-refractivity contribution in [2.75, 3.05) is 0 Å². The molecule has 1 aromatic heterocycles. The van der Waals surface area contributed by atoms with E-state index in [9.17, 15) is 0 Å². The zero-order valence-corrected chi connectivity index (χ0v) is 8.60. The minimum atomic E-state index is 0.332. The van der Waals surface area contributed by atoms with Crippen LogP contribution >= 0.6 is 0 Å². The van der Waals surface area contributed by atoms with Gasteiger partial charge in [0.25, 0.3) is 0 Å². The van der Waals surface area contributed by atoms with Crippen LogP contribution in [-0.2, 0) is 0 Å². The highest BCUT2D eigenvalue weighted by molar-refractivity contribution is 5.06. The number of hydrogen-bond acceptors (Lipinski definition) is 4. The van der Waals surface area contributed by atoms with Gasteiger partial charge < -0.3 is 10.1 Å². The summed E-state index contributed by atoms with van der Waals surface area (Å²) in [6.45, 7) is 0. The summed E-state index contributed by atoms with van der Waals surface area (Å²) >= 11 is 0. The SMILES string of the molecule is c1cc(OC2C[C@H]3CC[C@@H](C2)N3)ncn1. The molecule has 1 aromatic rings. The number of aromatic nitrogens is 2. The second-order valence-electron chi connectivity index (χ2n) is 4.40. The first-order valence-corrected chi connectivity index (χ1v) is 5.59. The van der Waals surface area contributed by atoms with Gasteiger partial charge in [-0.1, -0.05) is 0 Å². The Bertz CT molecular complexity index is 318. The molecule has 0 amide bonds. The van der Waals surface area contributed by atoms with Crippen molar-refractivity contribution in [3.63, 3.8) is 0 Å². The zero-order chi connectivity index (χ0) is 10.1. The van der Waals surface area contributed by atoms with Gasteiger partial charge in [0, 0.05) is 24.3 Å². The third-order valence-corrected chi connectivity index (χ3v) is 3.27. The highest BCUT2D eigenvalue weighted by Gasteiger charge is 2.34. The number of piperidine rings is 1. The Labute approximate surface area is 89.1 Å². The third-order valence-electron chi connectivity index (χ3n) is 3.27. The highest BCUT2D eigenvalue weighted by Crippen LogP contribution is 2.28. The first-order chi connectivity index (χ1) is 7.40. The molecule has 4 nitrogen and oxygen atoms in total. The quantitative estimate of drug-likeness (QED) is 0.786. The molecule has 3 rings (SSSR count). The number of nitrogens with zero attached hydrogens (tertiary/aromatic N) is 2. The van der Waals surface area contributed by atoms with Gasteiger partial charge in [0.05, 0.1) is 0 Å². The molecular weight excluding hydrogens is 190 g/mol. The van der Waals surface area contributed by atoms with Gasteiger partial charge in [-0.15, -0.1) is 0 Å². The van der Waals surface area contributed by atoms with Crippen molar-refractivity contribution in [3.05, 3.63) is 18.6 Å². The minimum Gasteiger partial charge on any atom is -0.474 e. The van der Waals surface area contributed by atoms with E-state index in [1.54, 1.807) is 6.20 Å². The van der Waals surface area contributed by atoms with Gasteiger partial charge in [0.15, 0.2) is 0 Å². The molecule has 1 unspecified atom stereocenters. The molecule has 3 atom stereocenters. The van der Waals surface area contributed by atoms with E-state index in [2.05, 4.69) is 15.3 Å². The molecule has 0 aromatic carbocycles. The normalized spacial score (nSPS) is 34.0. The summed E-state index contributed by atoms with van der Waals surface area (Å²) in [6.07, 6.45) is 8.41. The maximum atomic E-state index is 5.85. The van der Waals surface area contributed by atoms with Crippen LogP contribution in [0.1, 0.15) is 25.7 Å². The molecule has 15 heavy (non-hydrogen) atoms. The van der Waals surface area contributed by atoms with E-state index in [0.29, 0.717) is 24.1 Å². The first-order valence-electron chi connectivity index (χ1n) is 5.59. The van der Waals surface area contributed by atoms with Crippen LogP contribution in [0.25, 0.3) is 0 Å². The zero-order valence-electron chi connectivity index (χ0n) is 8.60. The molecule has 2 saturated heterocycles. The van der Waals surface area contributed by atoms with Crippen molar-refractivity contribution in [1.82, 2.24) is 15.3 Å². The van der Waals surface area contributed by atoms with Crippen molar-refractivity contribution >= 4 is 0 Å². The molecule has 80 valence electrons. The average Bonchev–Trinajstić information content (AvgIpc) is 2.60. The maximum Gasteiger partial charge on any atom is 0.216 e. The van der Waals surface area contributed by atoms with Gasteiger partial charge in [0.1, 0.15) is 12.4 Å². The predicted molar refractivity (Wildman–Crippen MR) is 55.6 cm³/mol. The topological polar surface area (TPSA) is 47.0 Å². The number of rotatable bonds is 2. The molecule has 0 radical (unpaired) electrons. The molecule has 2 aliphatic rings. The summed E-state index contributed by atoms with van der Waals surface area (Å²) < 4.78 is 5.85. The van der Waals surface area contributed by atoms with Crippen LogP contribution in [0, 0.1) is 0 Å². The summed E-state index contributed by atoms with van der Waals surface area (Å²) in [7, 11) is 0. The van der Waals surface area contributed by atoms with Crippen molar-refractivity contribution in [2.24, 2.45) is 0 Å². The van der Waals surface area contributed by atoms with Crippen LogP contribution in [0.4, 0.5) is 0 Å². The Hall–Kier alpha value is -1.16. The average molecular weight is 205 g/mol. The standard InChI is InChI=1S/C11H15N3O/c1-2-9-6-10(5-8(1)14-9)15-11-3-4-12-7-13-11/h3-4,7-10,14H,1-2,5-6H2/t8-,9+,10?. The Morgan fingerprint density at radius 2 is 2.07 bits per heavy atom. The summed E-state index contributed by atoms with van der Waals surface area (Å²) in [5, 5.41) is 3.59. The van der Waals surface area contributed by atoms with Crippen molar-refractivity contribution < 1.29 is 4.74 Å². The van der Waals surface area contributed by atoms with E-state index in [1.165, 1.54) is 19.2 Å². The lowest BCUT2D eigenvalue weighted by Gasteiger charge is -2.28. The monoisotopic (exact) mass is 205 g/mol. The summed E-state index contributed by atoms with van der Waals surface area (Å²) in [4.78, 5) is 7.97. The fourth-order valence-electron chi connectivity index (χ4n) is 2.62. The lowest BCUT2D eigenvalue weighted by molar-refractivity contribution is 0.131. The fourth-order valence-corrected chi connectivity index (χ4v) is 2.62. The van der Waals surface area contributed by atoms with Gasteiger partial charge in [0.2, 0.25) is 5.88 Å². The molecule has 1 N–H and O–H groups in total. The van der Waals surface area contributed by atoms with Crippen LogP contribution in [0.5, 0.6) is 5.88 Å². The smallest absolute Gasteiger partial charge is 0.216 e. The van der Waals surface area contributed by atoms with E-state index < -0.39 is 0 Å². The van der Waals surface area contributed by atoms with Gasteiger partial charge in [-0.05, 0) is 25.7 Å². The molecule has 2 fully saturated rings. The Kier molecular flexibility index (Phi) is 2.29. The molecule has 2 aliphatic heterocycles. The van der Waals surface area contributed by atoms with Gasteiger partial charge >= 0.3 is 0 Å². The molecule has 0 saturated carbocycles. The first kappa shape index (κ1) is 9.09. The van der Waals surface area contributed by atoms with Crippen LogP contribution in [0.15, 0.2) is 18.6 Å². The Morgan fingerprint density at radius 1 is 1.27 bits per heavy atom. The van der Waals surface area contributed by atoms with E-state index in [-0.39, 0.29) is 0 Å². The third kappa shape index (κ3) is 1.95. The van der Waals surface area contributed by atoms with Crippen LogP contribution in [-0.4, -0.2) is 28.2 Å². The van der Waals surface area contributed by atoms with Gasteiger partial charge in [-0.2, -0.15) is 0 Å². The molecular formula is C11H15N3O. The van der Waals surface area contributed by atoms with E-state index in [1.807, 2.05) is 6.07 Å². The van der Waals surface area contributed by atoms with Crippen LogP contribution in [0.2, 0.25) is 0 Å². The van der Waals surface area contributed by atoms with E-state index in [0.717, 1.165) is 12.8 Å². The molecule has 2 bridgehead atoms. The molecule has 3 heterocycles. The van der Waals surface area contributed by atoms with Gasteiger partial charge in [-0.3, -0.25) is 0 Å². The van der Waals surface area contributed by atoms with Gasteiger partial charge in [-0.25, -0.2) is 9.97 Å². The second kappa shape index (κ2) is 3.77. The van der Waals surface area contributed by atoms with E-state index >= 15 is 0 Å². The lowest BCUT2D eigenvalue weighted by atomic mass is 10.0. The minimum absolute atomic E-state index is 0.332. The Balaban J connectivity index is 1.65. The Morgan fingerprint density at radius 3 is 2.73 bits per heavy atom. The van der Waals surface area contributed by atoms with E-state index in [4.69, 9.17) is 4.74 Å². The summed E-state index contributed by atoms with van der Waals surface area (Å²) in [5.41, 5.74) is 0. The second-order valence-corrected chi connectivity index (χ2v) is 4.40. The number of fused-ring (bicyclic) bond motifs is 2. The maximum absolute atomic E-state index is 5.85. The molecule has 4 heteroatoms. The number of nitrogens with one attached hydrogen (secondary N) is 1. The van der Waals surface area contributed by atoms with Crippen molar-refractivity contribution in [2.45, 2.75) is 43.9 Å². The summed E-state index contributed by atoms with van der Waals surface area (Å²) in [5.74, 6) is 0.705. The van der Waals surface area contributed by atoms with Crippen molar-refractivity contribution in [1.29, 1.82) is 0 Å². The predicted octanol–water partition coefficient (Wildman–Crippen LogP) is 1.14. The summed E-state index contributed by atoms with van der Waals surface area (Å²) in [6, 6.07) is 3.15. The van der Waals surface area contributed by atoms with Crippen LogP contribution < -0.4 is 10.1 Å². The number of ether oxygens (including phenoxy) is 1. The molecule has 0 spiro atoms. The molecule has 0 aliphatic carbocycles. The lowest BCUT2D eigenvalue weighted by Crippen LogP contribution is -2.42. The van der Waals surface area contributed by atoms with Crippen molar-refractivity contribution in [3.8, 4) is 5.88 Å². The van der Waals surface area contributed by atoms with Crippen LogP contribution in [0.3, 0.4) is 0 Å². The largest absolute Gasteiger partial charge is 0.474 e. The fraction of sp³-hybridized carbons (Fsp3) is 0.636. The highest BCUT2D eigenvalue weighted by atomic mass is 16.5.